The number of nitrogens with zero attached hydrogens (tertiary/aromatic N) is 2. The highest BCUT2D eigenvalue weighted by atomic mass is 15.2. The van der Waals surface area contributed by atoms with E-state index >= 15 is 0 Å². The molecular formula is C22H30N4. The molecule has 2 aromatic carbocycles. The second-order valence-corrected chi connectivity index (χ2v) is 7.57. The first-order valence-corrected chi connectivity index (χ1v) is 9.82. The lowest BCUT2D eigenvalue weighted by Gasteiger charge is -2.37. The molecule has 138 valence electrons. The van der Waals surface area contributed by atoms with Crippen LogP contribution < -0.4 is 20.4 Å². The Hall–Kier alpha value is -2.04. The van der Waals surface area contributed by atoms with Crippen LogP contribution in [0, 0.1) is 13.8 Å². The molecule has 0 aromatic heterocycles. The van der Waals surface area contributed by atoms with Gasteiger partial charge in [-0.2, -0.15) is 0 Å². The summed E-state index contributed by atoms with van der Waals surface area (Å²) < 4.78 is 0. The molecule has 0 radical (unpaired) electrons. The van der Waals surface area contributed by atoms with Gasteiger partial charge in [-0.15, -0.1) is 0 Å². The zero-order valence-corrected chi connectivity index (χ0v) is 16.0. The fourth-order valence-corrected chi connectivity index (χ4v) is 4.09. The maximum Gasteiger partial charge on any atom is 0.0498 e. The van der Waals surface area contributed by atoms with Gasteiger partial charge in [0.25, 0.3) is 0 Å². The van der Waals surface area contributed by atoms with Crippen LogP contribution in [-0.2, 0) is 0 Å². The lowest BCUT2D eigenvalue weighted by Crippen LogP contribution is -2.46. The van der Waals surface area contributed by atoms with E-state index in [4.69, 9.17) is 0 Å². The van der Waals surface area contributed by atoms with Crippen molar-refractivity contribution in [2.75, 3.05) is 55.6 Å². The predicted molar refractivity (Wildman–Crippen MR) is 110 cm³/mol. The van der Waals surface area contributed by atoms with Crippen molar-refractivity contribution in [2.24, 2.45) is 0 Å². The molecule has 2 aromatic rings. The van der Waals surface area contributed by atoms with Crippen LogP contribution in [0.4, 0.5) is 11.4 Å². The van der Waals surface area contributed by atoms with Gasteiger partial charge < -0.3 is 20.4 Å². The van der Waals surface area contributed by atoms with Crippen LogP contribution >= 0.6 is 0 Å². The minimum atomic E-state index is 0.390. The topological polar surface area (TPSA) is 30.5 Å². The number of hydrogen-bond donors (Lipinski definition) is 2. The number of piperazine rings is 2. The first-order chi connectivity index (χ1) is 12.7. The van der Waals surface area contributed by atoms with E-state index in [0.29, 0.717) is 6.04 Å². The molecule has 0 saturated carbocycles. The number of aryl methyl sites for hydroxylation is 2. The van der Waals surface area contributed by atoms with Crippen molar-refractivity contribution in [3.05, 3.63) is 59.2 Å². The van der Waals surface area contributed by atoms with E-state index in [9.17, 15) is 0 Å². The van der Waals surface area contributed by atoms with Crippen molar-refractivity contribution in [3.8, 4) is 0 Å². The van der Waals surface area contributed by atoms with E-state index < -0.39 is 0 Å². The third kappa shape index (κ3) is 3.71. The first kappa shape index (κ1) is 17.4. The van der Waals surface area contributed by atoms with Gasteiger partial charge in [0.2, 0.25) is 0 Å². The van der Waals surface area contributed by atoms with E-state index in [0.717, 1.165) is 45.8 Å². The third-order valence-electron chi connectivity index (χ3n) is 5.66. The lowest BCUT2D eigenvalue weighted by molar-refractivity contribution is 0.471. The second-order valence-electron chi connectivity index (χ2n) is 7.57. The largest absolute Gasteiger partial charge is 0.369 e. The molecule has 0 spiro atoms. The molecule has 2 aliphatic rings. The predicted octanol–water partition coefficient (Wildman–Crippen LogP) is 2.86. The van der Waals surface area contributed by atoms with Crippen LogP contribution in [0.2, 0.25) is 0 Å². The number of nitrogens with one attached hydrogen (secondary N) is 2. The van der Waals surface area contributed by atoms with Gasteiger partial charge in [0.15, 0.2) is 0 Å². The van der Waals surface area contributed by atoms with E-state index in [-0.39, 0.29) is 0 Å². The molecule has 2 aliphatic heterocycles. The Morgan fingerprint density at radius 1 is 0.846 bits per heavy atom. The Balaban J connectivity index is 1.48. The molecule has 4 nitrogen and oxygen atoms in total. The van der Waals surface area contributed by atoms with Crippen LogP contribution in [-0.4, -0.2) is 45.8 Å². The highest BCUT2D eigenvalue weighted by molar-refractivity contribution is 5.56. The Bertz CT molecular complexity index is 734. The van der Waals surface area contributed by atoms with Crippen LogP contribution in [0.5, 0.6) is 0 Å². The molecule has 2 saturated heterocycles. The number of rotatable bonds is 3. The van der Waals surface area contributed by atoms with Gasteiger partial charge >= 0.3 is 0 Å². The third-order valence-corrected chi connectivity index (χ3v) is 5.66. The monoisotopic (exact) mass is 350 g/mol. The summed E-state index contributed by atoms with van der Waals surface area (Å²) in [7, 11) is 0. The van der Waals surface area contributed by atoms with Crippen molar-refractivity contribution >= 4 is 11.4 Å². The lowest BCUT2D eigenvalue weighted by atomic mass is 10.0. The fraction of sp³-hybridized carbons (Fsp3) is 0.455. The zero-order valence-electron chi connectivity index (χ0n) is 16.0. The highest BCUT2D eigenvalue weighted by Gasteiger charge is 2.22. The van der Waals surface area contributed by atoms with Gasteiger partial charge in [0, 0.05) is 63.2 Å². The smallest absolute Gasteiger partial charge is 0.0498 e. The van der Waals surface area contributed by atoms with Gasteiger partial charge in [-0.1, -0.05) is 24.3 Å². The minimum absolute atomic E-state index is 0.390. The van der Waals surface area contributed by atoms with Crippen LogP contribution in [0.3, 0.4) is 0 Å². The number of hydrogen-bond acceptors (Lipinski definition) is 4. The highest BCUT2D eigenvalue weighted by Crippen LogP contribution is 2.27. The number of benzene rings is 2. The summed E-state index contributed by atoms with van der Waals surface area (Å²) in [5.74, 6) is 0. The maximum absolute atomic E-state index is 3.70. The summed E-state index contributed by atoms with van der Waals surface area (Å²) >= 11 is 0. The van der Waals surface area contributed by atoms with Crippen molar-refractivity contribution in [2.45, 2.75) is 19.9 Å². The molecule has 1 unspecified atom stereocenters. The molecule has 0 aliphatic carbocycles. The SMILES string of the molecule is Cc1ccc(C)c(N2CCNC(c3ccc(N4CCNCC4)cc3)C2)c1. The van der Waals surface area contributed by atoms with E-state index in [2.05, 4.69) is 76.7 Å². The van der Waals surface area contributed by atoms with Crippen LogP contribution in [0.15, 0.2) is 42.5 Å². The summed E-state index contributed by atoms with van der Waals surface area (Å²) in [6.07, 6.45) is 0. The van der Waals surface area contributed by atoms with E-state index in [1.54, 1.807) is 0 Å². The van der Waals surface area contributed by atoms with Crippen molar-refractivity contribution in [1.29, 1.82) is 0 Å². The van der Waals surface area contributed by atoms with E-state index in [1.165, 1.54) is 28.1 Å². The normalized spacial score (nSPS) is 21.1. The molecule has 26 heavy (non-hydrogen) atoms. The molecule has 1 atom stereocenters. The Kier molecular flexibility index (Phi) is 5.14. The summed E-state index contributed by atoms with van der Waals surface area (Å²) in [4.78, 5) is 5.00. The minimum Gasteiger partial charge on any atom is -0.369 e. The average molecular weight is 351 g/mol. The van der Waals surface area contributed by atoms with Crippen molar-refractivity contribution in [3.63, 3.8) is 0 Å². The van der Waals surface area contributed by atoms with Gasteiger partial charge in [-0.25, -0.2) is 0 Å². The summed E-state index contributed by atoms with van der Waals surface area (Å²) in [5, 5.41) is 7.12. The molecule has 2 heterocycles. The molecule has 4 rings (SSSR count). The van der Waals surface area contributed by atoms with E-state index in [1.807, 2.05) is 0 Å². The summed E-state index contributed by atoms with van der Waals surface area (Å²) in [6, 6.07) is 16.4. The molecule has 2 fully saturated rings. The Morgan fingerprint density at radius 2 is 1.58 bits per heavy atom. The maximum atomic E-state index is 3.70. The van der Waals surface area contributed by atoms with Crippen LogP contribution in [0.1, 0.15) is 22.7 Å². The summed E-state index contributed by atoms with van der Waals surface area (Å²) in [6.45, 7) is 11.9. The van der Waals surface area contributed by atoms with Crippen molar-refractivity contribution < 1.29 is 0 Å². The standard InChI is InChI=1S/C22H30N4/c1-17-3-4-18(2)22(15-17)26-14-11-24-21(16-26)19-5-7-20(8-6-19)25-12-9-23-10-13-25/h3-8,15,21,23-24H,9-14,16H2,1-2H3. The molecule has 4 heteroatoms. The number of anilines is 2. The molecule has 2 N–H and O–H groups in total. The van der Waals surface area contributed by atoms with Gasteiger partial charge in [0.05, 0.1) is 0 Å². The second kappa shape index (κ2) is 7.68. The Morgan fingerprint density at radius 3 is 2.35 bits per heavy atom. The molecule has 0 amide bonds. The summed E-state index contributed by atoms with van der Waals surface area (Å²) in [5.41, 5.74) is 6.82. The van der Waals surface area contributed by atoms with Crippen LogP contribution in [0.25, 0.3) is 0 Å². The van der Waals surface area contributed by atoms with Gasteiger partial charge in [0.1, 0.15) is 0 Å². The van der Waals surface area contributed by atoms with Gasteiger partial charge in [-0.3, -0.25) is 0 Å². The fourth-order valence-electron chi connectivity index (χ4n) is 4.09. The van der Waals surface area contributed by atoms with Gasteiger partial charge in [-0.05, 0) is 48.7 Å². The van der Waals surface area contributed by atoms with Crippen molar-refractivity contribution in [1.82, 2.24) is 10.6 Å². The Labute approximate surface area is 157 Å². The molecular weight excluding hydrogens is 320 g/mol. The quantitative estimate of drug-likeness (QED) is 0.891. The average Bonchev–Trinajstić information content (AvgIpc) is 2.71. The first-order valence-electron chi connectivity index (χ1n) is 9.82. The zero-order chi connectivity index (χ0) is 17.9. The molecule has 0 bridgehead atoms.